The summed E-state index contributed by atoms with van der Waals surface area (Å²) >= 11 is 6.94. The summed E-state index contributed by atoms with van der Waals surface area (Å²) in [6, 6.07) is 14.3. The molecule has 26 heavy (non-hydrogen) atoms. The Balaban J connectivity index is 1.63. The molecule has 0 aliphatic carbocycles. The van der Waals surface area contributed by atoms with Crippen LogP contribution in [0.4, 0.5) is 4.79 Å². The number of rotatable bonds is 6. The van der Waals surface area contributed by atoms with Gasteiger partial charge in [0.2, 0.25) is 0 Å². The quantitative estimate of drug-likeness (QED) is 0.682. The Kier molecular flexibility index (Phi) is 5.85. The van der Waals surface area contributed by atoms with Crippen LogP contribution in [0.3, 0.4) is 0 Å². The molecule has 0 aromatic heterocycles. The lowest BCUT2D eigenvalue weighted by Crippen LogP contribution is -2.32. The van der Waals surface area contributed by atoms with E-state index in [1.54, 1.807) is 49.6 Å². The van der Waals surface area contributed by atoms with E-state index in [2.05, 4.69) is 0 Å². The lowest BCUT2D eigenvalue weighted by atomic mass is 10.2. The number of carbonyl (C=O) groups is 2. The zero-order chi connectivity index (χ0) is 18.5. The standard InChI is InChI=1S/C19H16ClNO4S/c1-24-14-8-6-13(7-9-14)12-17-18(22)21(19(23)26-17)10-11-25-16-5-3-2-4-15(16)20/h2-9,12H,10-11H2,1H3/b17-12-. The van der Waals surface area contributed by atoms with Gasteiger partial charge in [-0.25, -0.2) is 0 Å². The molecule has 1 heterocycles. The number of methoxy groups -OCH3 is 1. The van der Waals surface area contributed by atoms with Crippen LogP contribution in [0, 0.1) is 0 Å². The Morgan fingerprint density at radius 3 is 2.54 bits per heavy atom. The van der Waals surface area contributed by atoms with Crippen LogP contribution in [-0.2, 0) is 4.79 Å². The van der Waals surface area contributed by atoms with E-state index in [1.807, 2.05) is 12.1 Å². The normalized spacial score (nSPS) is 15.6. The molecule has 0 radical (unpaired) electrons. The Bertz CT molecular complexity index is 851. The molecule has 0 saturated carbocycles. The number of para-hydroxylation sites is 1. The molecule has 2 amide bonds. The average Bonchev–Trinajstić information content (AvgIpc) is 2.91. The van der Waals surface area contributed by atoms with Gasteiger partial charge in [0, 0.05) is 0 Å². The first-order valence-corrected chi connectivity index (χ1v) is 9.04. The molecule has 1 saturated heterocycles. The van der Waals surface area contributed by atoms with Crippen molar-refractivity contribution >= 4 is 40.6 Å². The summed E-state index contributed by atoms with van der Waals surface area (Å²) in [5.74, 6) is 0.931. The first-order valence-electron chi connectivity index (χ1n) is 7.85. The maximum Gasteiger partial charge on any atom is 0.293 e. The van der Waals surface area contributed by atoms with Crippen molar-refractivity contribution in [3.63, 3.8) is 0 Å². The van der Waals surface area contributed by atoms with Gasteiger partial charge in [0.25, 0.3) is 11.1 Å². The van der Waals surface area contributed by atoms with Crippen LogP contribution in [0.25, 0.3) is 6.08 Å². The third-order valence-electron chi connectivity index (χ3n) is 3.70. The predicted octanol–water partition coefficient (Wildman–Crippen LogP) is 4.46. The molecule has 2 aromatic rings. The van der Waals surface area contributed by atoms with Crippen molar-refractivity contribution in [2.75, 3.05) is 20.3 Å². The molecular weight excluding hydrogens is 374 g/mol. The number of nitrogens with zero attached hydrogens (tertiary/aromatic N) is 1. The number of carbonyl (C=O) groups excluding carboxylic acids is 2. The molecule has 1 aliphatic rings. The molecule has 7 heteroatoms. The van der Waals surface area contributed by atoms with Crippen molar-refractivity contribution in [2.45, 2.75) is 0 Å². The molecule has 5 nitrogen and oxygen atoms in total. The van der Waals surface area contributed by atoms with E-state index >= 15 is 0 Å². The molecule has 2 aromatic carbocycles. The number of imide groups is 1. The summed E-state index contributed by atoms with van der Waals surface area (Å²) < 4.78 is 10.7. The molecule has 3 rings (SSSR count). The smallest absolute Gasteiger partial charge is 0.293 e. The summed E-state index contributed by atoms with van der Waals surface area (Å²) in [6.07, 6.45) is 1.69. The Hall–Kier alpha value is -2.44. The maximum absolute atomic E-state index is 12.5. The van der Waals surface area contributed by atoms with Crippen molar-refractivity contribution in [3.8, 4) is 11.5 Å². The molecule has 1 fully saturated rings. The highest BCUT2D eigenvalue weighted by Gasteiger charge is 2.34. The van der Waals surface area contributed by atoms with Gasteiger partial charge >= 0.3 is 0 Å². The number of ether oxygens (including phenoxy) is 2. The first kappa shape index (κ1) is 18.4. The Labute approximate surface area is 160 Å². The van der Waals surface area contributed by atoms with Gasteiger partial charge in [0.05, 0.1) is 23.6 Å². The third-order valence-corrected chi connectivity index (χ3v) is 4.92. The van der Waals surface area contributed by atoms with Crippen LogP contribution in [-0.4, -0.2) is 36.3 Å². The van der Waals surface area contributed by atoms with Crippen LogP contribution < -0.4 is 9.47 Å². The van der Waals surface area contributed by atoms with Crippen LogP contribution in [0.1, 0.15) is 5.56 Å². The number of hydrogen-bond donors (Lipinski definition) is 0. The molecule has 0 bridgehead atoms. The fourth-order valence-electron chi connectivity index (χ4n) is 2.35. The van der Waals surface area contributed by atoms with Gasteiger partial charge in [0.15, 0.2) is 0 Å². The molecule has 0 unspecified atom stereocenters. The second-order valence-corrected chi connectivity index (χ2v) is 6.79. The van der Waals surface area contributed by atoms with E-state index in [-0.39, 0.29) is 24.3 Å². The second-order valence-electron chi connectivity index (χ2n) is 5.39. The molecule has 0 N–H and O–H groups in total. The number of hydrogen-bond acceptors (Lipinski definition) is 5. The lowest BCUT2D eigenvalue weighted by molar-refractivity contribution is -0.123. The minimum Gasteiger partial charge on any atom is -0.497 e. The van der Waals surface area contributed by atoms with E-state index in [0.29, 0.717) is 15.7 Å². The van der Waals surface area contributed by atoms with Crippen molar-refractivity contribution in [2.24, 2.45) is 0 Å². The molecular formula is C19H16ClNO4S. The number of thioether (sulfide) groups is 1. The van der Waals surface area contributed by atoms with E-state index in [1.165, 1.54) is 4.90 Å². The largest absolute Gasteiger partial charge is 0.497 e. The minimum atomic E-state index is -0.321. The van der Waals surface area contributed by atoms with Crippen molar-refractivity contribution < 1.29 is 19.1 Å². The first-order chi connectivity index (χ1) is 12.6. The zero-order valence-electron chi connectivity index (χ0n) is 14.0. The number of amides is 2. The highest BCUT2D eigenvalue weighted by molar-refractivity contribution is 8.18. The van der Waals surface area contributed by atoms with Gasteiger partial charge < -0.3 is 9.47 Å². The predicted molar refractivity (Wildman–Crippen MR) is 103 cm³/mol. The summed E-state index contributed by atoms with van der Waals surface area (Å²) in [6.45, 7) is 0.341. The Morgan fingerprint density at radius 2 is 1.85 bits per heavy atom. The maximum atomic E-state index is 12.5. The summed E-state index contributed by atoms with van der Waals surface area (Å²) in [4.78, 5) is 26.1. The number of halogens is 1. The molecule has 0 atom stereocenters. The monoisotopic (exact) mass is 389 g/mol. The molecule has 1 aliphatic heterocycles. The average molecular weight is 390 g/mol. The van der Waals surface area contributed by atoms with Gasteiger partial charge in [-0.1, -0.05) is 35.9 Å². The fraction of sp³-hybridized carbons (Fsp3) is 0.158. The van der Waals surface area contributed by atoms with Crippen LogP contribution in [0.15, 0.2) is 53.4 Å². The molecule has 0 spiro atoms. The van der Waals surface area contributed by atoms with Gasteiger partial charge in [-0.05, 0) is 47.7 Å². The van der Waals surface area contributed by atoms with E-state index in [4.69, 9.17) is 21.1 Å². The minimum absolute atomic E-state index is 0.163. The topological polar surface area (TPSA) is 55.8 Å². The van der Waals surface area contributed by atoms with Crippen LogP contribution >= 0.6 is 23.4 Å². The van der Waals surface area contributed by atoms with Gasteiger partial charge in [-0.2, -0.15) is 0 Å². The Morgan fingerprint density at radius 1 is 1.12 bits per heavy atom. The van der Waals surface area contributed by atoms with Crippen LogP contribution in [0.2, 0.25) is 5.02 Å². The van der Waals surface area contributed by atoms with Gasteiger partial charge in [0.1, 0.15) is 18.1 Å². The van der Waals surface area contributed by atoms with E-state index < -0.39 is 0 Å². The van der Waals surface area contributed by atoms with Crippen molar-refractivity contribution in [3.05, 3.63) is 64.0 Å². The lowest BCUT2D eigenvalue weighted by Gasteiger charge is -2.13. The van der Waals surface area contributed by atoms with Crippen molar-refractivity contribution in [1.82, 2.24) is 4.90 Å². The molecule has 134 valence electrons. The van der Waals surface area contributed by atoms with Gasteiger partial charge in [-0.3, -0.25) is 14.5 Å². The van der Waals surface area contributed by atoms with Gasteiger partial charge in [-0.15, -0.1) is 0 Å². The van der Waals surface area contributed by atoms with Crippen LogP contribution in [0.5, 0.6) is 11.5 Å². The summed E-state index contributed by atoms with van der Waals surface area (Å²) in [7, 11) is 1.59. The zero-order valence-corrected chi connectivity index (χ0v) is 15.5. The fourth-order valence-corrected chi connectivity index (χ4v) is 3.41. The van der Waals surface area contributed by atoms with E-state index in [0.717, 1.165) is 23.1 Å². The van der Waals surface area contributed by atoms with Crippen molar-refractivity contribution in [1.29, 1.82) is 0 Å². The highest BCUT2D eigenvalue weighted by Crippen LogP contribution is 2.32. The third kappa shape index (κ3) is 4.20. The SMILES string of the molecule is COc1ccc(/C=C2\SC(=O)N(CCOc3ccccc3Cl)C2=O)cc1. The summed E-state index contributed by atoms with van der Waals surface area (Å²) in [5, 5.41) is 0.179. The van der Waals surface area contributed by atoms with E-state index in [9.17, 15) is 9.59 Å². The summed E-state index contributed by atoms with van der Waals surface area (Å²) in [5.41, 5.74) is 0.823. The number of benzene rings is 2. The second kappa shape index (κ2) is 8.29. The highest BCUT2D eigenvalue weighted by atomic mass is 35.5.